The summed E-state index contributed by atoms with van der Waals surface area (Å²) >= 11 is 0. The maximum atomic E-state index is 12.5. The minimum absolute atomic E-state index is 0.00394. The number of amides is 2. The molecule has 0 spiro atoms. The lowest BCUT2D eigenvalue weighted by atomic mass is 10.1. The highest BCUT2D eigenvalue weighted by Crippen LogP contribution is 2.11. The quantitative estimate of drug-likeness (QED) is 0.783. The van der Waals surface area contributed by atoms with E-state index in [2.05, 4.69) is 12.1 Å². The van der Waals surface area contributed by atoms with E-state index in [1.54, 1.807) is 17.0 Å². The van der Waals surface area contributed by atoms with Crippen molar-refractivity contribution in [1.82, 2.24) is 9.80 Å². The van der Waals surface area contributed by atoms with Crippen molar-refractivity contribution in [2.45, 2.75) is 25.7 Å². The van der Waals surface area contributed by atoms with Crippen LogP contribution in [0.25, 0.3) is 0 Å². The van der Waals surface area contributed by atoms with E-state index >= 15 is 0 Å². The molecule has 0 aliphatic carbocycles. The van der Waals surface area contributed by atoms with Gasteiger partial charge in [0.25, 0.3) is 0 Å². The highest BCUT2D eigenvalue weighted by atomic mass is 16.4. The van der Waals surface area contributed by atoms with E-state index < -0.39 is 5.97 Å². The summed E-state index contributed by atoms with van der Waals surface area (Å²) in [6, 6.07) is 16.5. The summed E-state index contributed by atoms with van der Waals surface area (Å²) < 4.78 is 0. The molecule has 1 saturated heterocycles. The summed E-state index contributed by atoms with van der Waals surface area (Å²) in [6.45, 7) is 2.20. The van der Waals surface area contributed by atoms with Gasteiger partial charge in [0.1, 0.15) is 0 Å². The van der Waals surface area contributed by atoms with E-state index in [1.165, 1.54) is 17.7 Å². The number of piperazine rings is 1. The fourth-order valence-electron chi connectivity index (χ4n) is 3.50. The molecule has 1 N–H and O–H groups in total. The Morgan fingerprint density at radius 2 is 1.34 bits per heavy atom. The highest BCUT2D eigenvalue weighted by Gasteiger charge is 2.23. The standard InChI is InChI=1S/C23H26N2O4/c26-21(8-4-7-18-5-2-1-3-6-18)24-13-15-25(16-14-24)22(27)17-19-9-11-20(12-10-19)23(28)29/h1-3,5-6,9-12H,4,7-8,13-17H2,(H,28,29). The van der Waals surface area contributed by atoms with Crippen LogP contribution in [0.2, 0.25) is 0 Å². The molecule has 6 nitrogen and oxygen atoms in total. The Balaban J connectivity index is 1.40. The van der Waals surface area contributed by atoms with Gasteiger partial charge in [-0.25, -0.2) is 4.79 Å². The van der Waals surface area contributed by atoms with E-state index in [0.717, 1.165) is 18.4 Å². The van der Waals surface area contributed by atoms with E-state index in [1.807, 2.05) is 23.1 Å². The minimum Gasteiger partial charge on any atom is -0.478 e. The lowest BCUT2D eigenvalue weighted by Gasteiger charge is -2.35. The van der Waals surface area contributed by atoms with Gasteiger partial charge < -0.3 is 14.9 Å². The molecule has 0 aromatic heterocycles. The Hall–Kier alpha value is -3.15. The third-order valence-electron chi connectivity index (χ3n) is 5.24. The Morgan fingerprint density at radius 3 is 1.93 bits per heavy atom. The number of benzene rings is 2. The molecule has 152 valence electrons. The van der Waals surface area contributed by atoms with Crippen molar-refractivity contribution in [3.8, 4) is 0 Å². The molecule has 6 heteroatoms. The monoisotopic (exact) mass is 394 g/mol. The third kappa shape index (κ3) is 5.91. The molecular formula is C23H26N2O4. The van der Waals surface area contributed by atoms with Gasteiger partial charge >= 0.3 is 5.97 Å². The normalized spacial score (nSPS) is 13.9. The summed E-state index contributed by atoms with van der Waals surface area (Å²) in [6.07, 6.45) is 2.49. The zero-order valence-corrected chi connectivity index (χ0v) is 16.4. The zero-order valence-electron chi connectivity index (χ0n) is 16.4. The van der Waals surface area contributed by atoms with Crippen LogP contribution in [0.4, 0.5) is 0 Å². The first-order valence-corrected chi connectivity index (χ1v) is 9.94. The summed E-state index contributed by atoms with van der Waals surface area (Å²) in [5.74, 6) is -0.825. The second kappa shape index (κ2) is 9.87. The Kier molecular flexibility index (Phi) is 7.00. The molecule has 1 fully saturated rings. The number of aryl methyl sites for hydroxylation is 1. The number of aromatic carboxylic acids is 1. The summed E-state index contributed by atoms with van der Waals surface area (Å²) in [7, 11) is 0. The summed E-state index contributed by atoms with van der Waals surface area (Å²) in [5, 5.41) is 8.94. The van der Waals surface area contributed by atoms with Gasteiger partial charge in [0.2, 0.25) is 11.8 Å². The van der Waals surface area contributed by atoms with Crippen LogP contribution in [0, 0.1) is 0 Å². The van der Waals surface area contributed by atoms with Crippen molar-refractivity contribution in [2.24, 2.45) is 0 Å². The van der Waals surface area contributed by atoms with Gasteiger partial charge in [0, 0.05) is 32.6 Å². The average molecular weight is 394 g/mol. The predicted molar refractivity (Wildman–Crippen MR) is 110 cm³/mol. The molecule has 0 radical (unpaired) electrons. The first kappa shape index (κ1) is 20.6. The fourth-order valence-corrected chi connectivity index (χ4v) is 3.50. The van der Waals surface area contributed by atoms with Gasteiger partial charge in [-0.1, -0.05) is 42.5 Å². The van der Waals surface area contributed by atoms with Crippen molar-refractivity contribution >= 4 is 17.8 Å². The number of carbonyl (C=O) groups is 3. The number of hydrogen-bond acceptors (Lipinski definition) is 3. The average Bonchev–Trinajstić information content (AvgIpc) is 2.75. The molecule has 2 amide bonds. The number of hydrogen-bond donors (Lipinski definition) is 1. The Labute approximate surface area is 170 Å². The van der Waals surface area contributed by atoms with Crippen LogP contribution < -0.4 is 0 Å². The number of carboxylic acid groups (broad SMARTS) is 1. The first-order valence-electron chi connectivity index (χ1n) is 9.94. The number of nitrogens with zero attached hydrogens (tertiary/aromatic N) is 2. The maximum Gasteiger partial charge on any atom is 0.335 e. The van der Waals surface area contributed by atoms with Crippen LogP contribution in [-0.2, 0) is 22.4 Å². The minimum atomic E-state index is -0.979. The van der Waals surface area contributed by atoms with Gasteiger partial charge in [-0.05, 0) is 36.1 Å². The second-order valence-corrected chi connectivity index (χ2v) is 7.28. The van der Waals surface area contributed by atoms with Gasteiger partial charge in [0.15, 0.2) is 0 Å². The largest absolute Gasteiger partial charge is 0.478 e. The second-order valence-electron chi connectivity index (χ2n) is 7.28. The van der Waals surface area contributed by atoms with Gasteiger partial charge in [-0.3, -0.25) is 9.59 Å². The molecule has 0 unspecified atom stereocenters. The first-order chi connectivity index (χ1) is 14.0. The smallest absolute Gasteiger partial charge is 0.335 e. The molecule has 29 heavy (non-hydrogen) atoms. The maximum absolute atomic E-state index is 12.5. The van der Waals surface area contributed by atoms with E-state index in [9.17, 15) is 14.4 Å². The van der Waals surface area contributed by atoms with E-state index in [0.29, 0.717) is 32.6 Å². The molecule has 2 aromatic rings. The lowest BCUT2D eigenvalue weighted by Crippen LogP contribution is -2.51. The van der Waals surface area contributed by atoms with Crippen LogP contribution in [-0.4, -0.2) is 58.9 Å². The van der Waals surface area contributed by atoms with Crippen molar-refractivity contribution in [3.63, 3.8) is 0 Å². The van der Waals surface area contributed by atoms with Crippen LogP contribution in [0.5, 0.6) is 0 Å². The van der Waals surface area contributed by atoms with Crippen LogP contribution >= 0.6 is 0 Å². The SMILES string of the molecule is O=C(O)c1ccc(CC(=O)N2CCN(C(=O)CCCc3ccccc3)CC2)cc1. The Bertz CT molecular complexity index is 841. The Morgan fingerprint density at radius 1 is 0.759 bits per heavy atom. The molecule has 2 aromatic carbocycles. The van der Waals surface area contributed by atoms with Gasteiger partial charge in [0.05, 0.1) is 12.0 Å². The number of carbonyl (C=O) groups excluding carboxylic acids is 2. The summed E-state index contributed by atoms with van der Waals surface area (Å²) in [4.78, 5) is 39.4. The van der Waals surface area contributed by atoms with E-state index in [4.69, 9.17) is 5.11 Å². The van der Waals surface area contributed by atoms with Crippen molar-refractivity contribution in [1.29, 1.82) is 0 Å². The molecule has 1 heterocycles. The zero-order chi connectivity index (χ0) is 20.6. The lowest BCUT2D eigenvalue weighted by molar-refractivity contribution is -0.139. The predicted octanol–water partition coefficient (Wildman–Crippen LogP) is 2.62. The van der Waals surface area contributed by atoms with Crippen molar-refractivity contribution < 1.29 is 19.5 Å². The molecular weight excluding hydrogens is 368 g/mol. The van der Waals surface area contributed by atoms with E-state index in [-0.39, 0.29) is 23.8 Å². The van der Waals surface area contributed by atoms with Crippen LogP contribution in [0.3, 0.4) is 0 Å². The third-order valence-corrected chi connectivity index (χ3v) is 5.24. The number of rotatable bonds is 7. The van der Waals surface area contributed by atoms with Crippen molar-refractivity contribution in [3.05, 3.63) is 71.3 Å². The molecule has 1 aliphatic heterocycles. The molecule has 3 rings (SSSR count). The molecule has 0 bridgehead atoms. The van der Waals surface area contributed by atoms with Crippen LogP contribution in [0.15, 0.2) is 54.6 Å². The molecule has 1 aliphatic rings. The fraction of sp³-hybridized carbons (Fsp3) is 0.348. The summed E-state index contributed by atoms with van der Waals surface area (Å²) in [5.41, 5.74) is 2.24. The number of carboxylic acids is 1. The van der Waals surface area contributed by atoms with Crippen LogP contribution in [0.1, 0.15) is 34.3 Å². The topological polar surface area (TPSA) is 77.9 Å². The molecule has 0 saturated carbocycles. The van der Waals surface area contributed by atoms with Crippen molar-refractivity contribution in [2.75, 3.05) is 26.2 Å². The highest BCUT2D eigenvalue weighted by molar-refractivity contribution is 5.87. The van der Waals surface area contributed by atoms with Gasteiger partial charge in [-0.2, -0.15) is 0 Å². The van der Waals surface area contributed by atoms with Gasteiger partial charge in [-0.15, -0.1) is 0 Å². The molecule has 0 atom stereocenters.